The lowest BCUT2D eigenvalue weighted by Gasteiger charge is -2.05. The van der Waals surface area contributed by atoms with Gasteiger partial charge < -0.3 is 0 Å². The molecular weight excluding hydrogens is 258 g/mol. The molecule has 19 heavy (non-hydrogen) atoms. The zero-order chi connectivity index (χ0) is 13.1. The predicted octanol–water partition coefficient (Wildman–Crippen LogP) is 2.42. The summed E-state index contributed by atoms with van der Waals surface area (Å²) in [6, 6.07) is 12.9. The molecule has 0 bridgehead atoms. The fourth-order valence-corrected chi connectivity index (χ4v) is 2.45. The Morgan fingerprint density at radius 2 is 2.05 bits per heavy atom. The average Bonchev–Trinajstić information content (AvgIpc) is 2.96. The van der Waals surface area contributed by atoms with Gasteiger partial charge in [-0.3, -0.25) is 9.78 Å². The summed E-state index contributed by atoms with van der Waals surface area (Å²) in [7, 11) is 0. The Morgan fingerprint density at radius 3 is 2.79 bits per heavy atom. The summed E-state index contributed by atoms with van der Waals surface area (Å²) in [5, 5.41) is 6.38. The lowest BCUT2D eigenvalue weighted by atomic mass is 10.3. The number of hydrogen-bond acceptors (Lipinski definition) is 4. The third kappa shape index (κ3) is 2.61. The van der Waals surface area contributed by atoms with Crippen molar-refractivity contribution in [3.8, 4) is 10.6 Å². The monoisotopic (exact) mass is 269 g/mol. The number of pyridine rings is 1. The minimum atomic E-state index is -0.119. The molecule has 0 aliphatic heterocycles. The van der Waals surface area contributed by atoms with Gasteiger partial charge in [-0.2, -0.15) is 5.10 Å². The van der Waals surface area contributed by atoms with Gasteiger partial charge in [-0.05, 0) is 29.6 Å². The highest BCUT2D eigenvalue weighted by molar-refractivity contribution is 7.13. The van der Waals surface area contributed by atoms with Gasteiger partial charge in [-0.1, -0.05) is 12.1 Å². The molecule has 0 saturated heterocycles. The number of hydrogen-bond donors (Lipinski definition) is 0. The van der Waals surface area contributed by atoms with Crippen molar-refractivity contribution in [2.45, 2.75) is 6.54 Å². The summed E-state index contributed by atoms with van der Waals surface area (Å²) >= 11 is 1.60. The standard InChI is InChI=1S/C14H11N3OS/c18-14-7-6-12(13-5-3-9-19-13)16-17(14)10-11-4-1-2-8-15-11/h1-9H,10H2. The van der Waals surface area contributed by atoms with E-state index >= 15 is 0 Å². The van der Waals surface area contributed by atoms with Crippen LogP contribution in [0.5, 0.6) is 0 Å². The van der Waals surface area contributed by atoms with E-state index in [1.165, 1.54) is 4.68 Å². The zero-order valence-corrected chi connectivity index (χ0v) is 10.9. The molecule has 0 aromatic carbocycles. The topological polar surface area (TPSA) is 47.8 Å². The van der Waals surface area contributed by atoms with E-state index in [4.69, 9.17) is 0 Å². The number of rotatable bonds is 3. The first kappa shape index (κ1) is 11.8. The molecule has 0 aliphatic carbocycles. The molecule has 94 valence electrons. The maximum Gasteiger partial charge on any atom is 0.267 e. The Kier molecular flexibility index (Phi) is 3.20. The Bertz CT molecular complexity index is 720. The molecule has 0 aliphatic rings. The van der Waals surface area contributed by atoms with Crippen LogP contribution in [0.2, 0.25) is 0 Å². The second kappa shape index (κ2) is 5.16. The van der Waals surface area contributed by atoms with Crippen LogP contribution in [0, 0.1) is 0 Å². The summed E-state index contributed by atoms with van der Waals surface area (Å²) in [5.74, 6) is 0. The van der Waals surface area contributed by atoms with Gasteiger partial charge >= 0.3 is 0 Å². The smallest absolute Gasteiger partial charge is 0.267 e. The van der Waals surface area contributed by atoms with E-state index in [9.17, 15) is 4.79 Å². The fraction of sp³-hybridized carbons (Fsp3) is 0.0714. The van der Waals surface area contributed by atoms with Gasteiger partial charge in [0, 0.05) is 12.3 Å². The summed E-state index contributed by atoms with van der Waals surface area (Å²) in [5.41, 5.74) is 1.51. The molecule has 3 aromatic heterocycles. The van der Waals surface area contributed by atoms with Crippen LogP contribution >= 0.6 is 11.3 Å². The quantitative estimate of drug-likeness (QED) is 0.733. The van der Waals surface area contributed by atoms with Crippen molar-refractivity contribution in [3.63, 3.8) is 0 Å². The van der Waals surface area contributed by atoms with Gasteiger partial charge in [0.05, 0.1) is 17.1 Å². The Labute approximate surface area is 114 Å². The predicted molar refractivity (Wildman–Crippen MR) is 75.1 cm³/mol. The molecule has 0 radical (unpaired) electrons. The van der Waals surface area contributed by atoms with Gasteiger partial charge in [0.25, 0.3) is 5.56 Å². The van der Waals surface area contributed by atoms with Crippen LogP contribution in [0.25, 0.3) is 10.6 Å². The van der Waals surface area contributed by atoms with Crippen LogP contribution < -0.4 is 5.56 Å². The maximum absolute atomic E-state index is 11.8. The van der Waals surface area contributed by atoms with Gasteiger partial charge in [-0.15, -0.1) is 11.3 Å². The Balaban J connectivity index is 1.97. The van der Waals surface area contributed by atoms with Crippen molar-refractivity contribution in [1.82, 2.24) is 14.8 Å². The highest BCUT2D eigenvalue weighted by atomic mass is 32.1. The van der Waals surface area contributed by atoms with Crippen LogP contribution in [0.1, 0.15) is 5.69 Å². The third-order valence-electron chi connectivity index (χ3n) is 2.68. The van der Waals surface area contributed by atoms with Gasteiger partial charge in [0.15, 0.2) is 0 Å². The van der Waals surface area contributed by atoms with Gasteiger partial charge in [0.2, 0.25) is 0 Å². The lowest BCUT2D eigenvalue weighted by molar-refractivity contribution is 0.632. The van der Waals surface area contributed by atoms with E-state index in [-0.39, 0.29) is 5.56 Å². The van der Waals surface area contributed by atoms with E-state index in [2.05, 4.69) is 10.1 Å². The third-order valence-corrected chi connectivity index (χ3v) is 3.57. The molecule has 0 atom stereocenters. The van der Waals surface area contributed by atoms with Crippen molar-refractivity contribution in [3.05, 3.63) is 70.1 Å². The SMILES string of the molecule is O=c1ccc(-c2cccs2)nn1Cc1ccccn1. The molecule has 0 spiro atoms. The number of aromatic nitrogens is 3. The molecule has 0 amide bonds. The second-order valence-corrected chi connectivity index (χ2v) is 4.96. The highest BCUT2D eigenvalue weighted by Crippen LogP contribution is 2.21. The fourth-order valence-electron chi connectivity index (χ4n) is 1.76. The van der Waals surface area contributed by atoms with E-state index in [1.54, 1.807) is 29.7 Å². The van der Waals surface area contributed by atoms with Crippen LogP contribution in [-0.4, -0.2) is 14.8 Å². The zero-order valence-electron chi connectivity index (χ0n) is 10.1. The average molecular weight is 269 g/mol. The lowest BCUT2D eigenvalue weighted by Crippen LogP contribution is -2.23. The number of nitrogens with zero attached hydrogens (tertiary/aromatic N) is 3. The molecule has 3 heterocycles. The summed E-state index contributed by atoms with van der Waals surface area (Å²) in [4.78, 5) is 17.1. The molecule has 0 N–H and O–H groups in total. The second-order valence-electron chi connectivity index (χ2n) is 4.01. The van der Waals surface area contributed by atoms with Crippen molar-refractivity contribution in [2.75, 3.05) is 0 Å². The van der Waals surface area contributed by atoms with E-state index in [1.807, 2.05) is 35.7 Å². The molecule has 0 saturated carbocycles. The molecule has 5 heteroatoms. The van der Waals surface area contributed by atoms with Gasteiger partial charge in [0.1, 0.15) is 5.69 Å². The first-order chi connectivity index (χ1) is 9.33. The van der Waals surface area contributed by atoms with Crippen LogP contribution in [0.4, 0.5) is 0 Å². The van der Waals surface area contributed by atoms with Crippen molar-refractivity contribution < 1.29 is 0 Å². The molecule has 0 unspecified atom stereocenters. The van der Waals surface area contributed by atoms with E-state index in [0.29, 0.717) is 6.54 Å². The summed E-state index contributed by atoms with van der Waals surface area (Å²) in [6.45, 7) is 0.388. The normalized spacial score (nSPS) is 10.5. The van der Waals surface area contributed by atoms with E-state index < -0.39 is 0 Å². The molecule has 4 nitrogen and oxygen atoms in total. The Hall–Kier alpha value is -2.27. The van der Waals surface area contributed by atoms with Crippen LogP contribution in [0.15, 0.2) is 58.8 Å². The van der Waals surface area contributed by atoms with Crippen molar-refractivity contribution in [1.29, 1.82) is 0 Å². The highest BCUT2D eigenvalue weighted by Gasteiger charge is 2.05. The molecule has 0 fully saturated rings. The molecule has 3 rings (SSSR count). The van der Waals surface area contributed by atoms with Crippen LogP contribution in [-0.2, 0) is 6.54 Å². The van der Waals surface area contributed by atoms with Gasteiger partial charge in [-0.25, -0.2) is 4.68 Å². The van der Waals surface area contributed by atoms with Crippen molar-refractivity contribution in [2.24, 2.45) is 0 Å². The summed E-state index contributed by atoms with van der Waals surface area (Å²) in [6.07, 6.45) is 1.71. The maximum atomic E-state index is 11.8. The largest absolute Gasteiger partial charge is 0.268 e. The first-order valence-corrected chi connectivity index (χ1v) is 6.73. The van der Waals surface area contributed by atoms with Crippen molar-refractivity contribution >= 4 is 11.3 Å². The minimum Gasteiger partial charge on any atom is -0.268 e. The minimum absolute atomic E-state index is 0.119. The summed E-state index contributed by atoms with van der Waals surface area (Å²) < 4.78 is 1.44. The first-order valence-electron chi connectivity index (χ1n) is 5.85. The number of thiophene rings is 1. The Morgan fingerprint density at radius 1 is 1.11 bits per heavy atom. The van der Waals surface area contributed by atoms with E-state index in [0.717, 1.165) is 16.3 Å². The molecular formula is C14H11N3OS. The molecule has 3 aromatic rings. The van der Waals surface area contributed by atoms with Crippen LogP contribution in [0.3, 0.4) is 0 Å².